The highest BCUT2D eigenvalue weighted by atomic mass is 19.4. The van der Waals surface area contributed by atoms with E-state index in [2.05, 4.69) is 4.98 Å². The minimum absolute atomic E-state index is 0.0685. The summed E-state index contributed by atoms with van der Waals surface area (Å²) in [4.78, 5) is 24.5. The molecule has 1 aromatic carbocycles. The van der Waals surface area contributed by atoms with E-state index in [1.54, 1.807) is 0 Å². The van der Waals surface area contributed by atoms with Crippen LogP contribution in [0.4, 0.5) is 13.2 Å². The van der Waals surface area contributed by atoms with Gasteiger partial charge in [0.05, 0.1) is 5.56 Å². The second-order valence-corrected chi connectivity index (χ2v) is 4.41. The monoisotopic (exact) mass is 297 g/mol. The van der Waals surface area contributed by atoms with Gasteiger partial charge in [-0.25, -0.2) is 4.79 Å². The maximum atomic E-state index is 12.6. The van der Waals surface area contributed by atoms with E-state index >= 15 is 0 Å². The molecule has 0 aliphatic carbocycles. The Morgan fingerprint density at radius 2 is 1.90 bits per heavy atom. The van der Waals surface area contributed by atoms with Gasteiger partial charge in [-0.15, -0.1) is 0 Å². The zero-order valence-electron chi connectivity index (χ0n) is 10.6. The average molecular weight is 297 g/mol. The predicted molar refractivity (Wildman–Crippen MR) is 68.3 cm³/mol. The van der Waals surface area contributed by atoms with E-state index in [-0.39, 0.29) is 6.42 Å². The van der Waals surface area contributed by atoms with Gasteiger partial charge in [-0.2, -0.15) is 13.2 Å². The molecule has 4 nitrogen and oxygen atoms in total. The molecule has 0 atom stereocenters. The summed E-state index contributed by atoms with van der Waals surface area (Å²) in [6.45, 7) is 0. The molecular formula is C14H10F3NO3. The van der Waals surface area contributed by atoms with Gasteiger partial charge in [0.1, 0.15) is 5.56 Å². The topological polar surface area (TPSA) is 70.2 Å². The molecule has 0 unspecified atom stereocenters. The number of H-pyrrole nitrogens is 1. The van der Waals surface area contributed by atoms with Gasteiger partial charge in [-0.3, -0.25) is 4.79 Å². The Kier molecular flexibility index (Phi) is 3.84. The van der Waals surface area contributed by atoms with E-state index < -0.39 is 28.8 Å². The first-order valence-corrected chi connectivity index (χ1v) is 5.89. The van der Waals surface area contributed by atoms with Crippen LogP contribution < -0.4 is 5.56 Å². The Balaban J connectivity index is 2.29. The number of benzene rings is 1. The van der Waals surface area contributed by atoms with Gasteiger partial charge in [0.2, 0.25) is 0 Å². The third-order valence-electron chi connectivity index (χ3n) is 2.85. The third-order valence-corrected chi connectivity index (χ3v) is 2.85. The number of carboxylic acids is 1. The lowest BCUT2D eigenvalue weighted by atomic mass is 10.1. The normalized spacial score (nSPS) is 11.4. The summed E-state index contributed by atoms with van der Waals surface area (Å²) in [5.41, 5.74) is -1.27. The molecule has 1 heterocycles. The zero-order valence-corrected chi connectivity index (χ0v) is 10.6. The molecule has 0 saturated carbocycles. The SMILES string of the molecule is O=C(O)c1ccc(Cc2cccc(C(F)(F)F)c2)[nH]c1=O. The highest BCUT2D eigenvalue weighted by Crippen LogP contribution is 2.29. The average Bonchev–Trinajstić information content (AvgIpc) is 2.37. The number of aromatic amines is 1. The molecule has 0 spiro atoms. The largest absolute Gasteiger partial charge is 0.477 e. The fraction of sp³-hybridized carbons (Fsp3) is 0.143. The Morgan fingerprint density at radius 3 is 2.48 bits per heavy atom. The molecule has 7 heteroatoms. The quantitative estimate of drug-likeness (QED) is 0.915. The maximum absolute atomic E-state index is 12.6. The van der Waals surface area contributed by atoms with Crippen molar-refractivity contribution in [1.82, 2.24) is 4.98 Å². The van der Waals surface area contributed by atoms with E-state index in [0.717, 1.165) is 18.2 Å². The maximum Gasteiger partial charge on any atom is 0.416 e. The van der Waals surface area contributed by atoms with E-state index in [1.165, 1.54) is 18.2 Å². The number of pyridine rings is 1. The molecule has 0 bridgehead atoms. The number of hydrogen-bond acceptors (Lipinski definition) is 2. The summed E-state index contributed by atoms with van der Waals surface area (Å²) in [7, 11) is 0. The van der Waals surface area contributed by atoms with Crippen LogP contribution in [-0.2, 0) is 12.6 Å². The van der Waals surface area contributed by atoms with Crippen LogP contribution in [0.1, 0.15) is 27.2 Å². The van der Waals surface area contributed by atoms with Crippen molar-refractivity contribution in [3.05, 3.63) is 69.1 Å². The molecule has 0 saturated heterocycles. The summed E-state index contributed by atoms with van der Waals surface area (Å²) in [5.74, 6) is -1.36. The number of hydrogen-bond donors (Lipinski definition) is 2. The second-order valence-electron chi connectivity index (χ2n) is 4.41. The van der Waals surface area contributed by atoms with Crippen LogP contribution in [0.25, 0.3) is 0 Å². The van der Waals surface area contributed by atoms with Crippen molar-refractivity contribution >= 4 is 5.97 Å². The Morgan fingerprint density at radius 1 is 1.19 bits per heavy atom. The molecule has 2 rings (SSSR count). The fourth-order valence-corrected chi connectivity index (χ4v) is 1.86. The highest BCUT2D eigenvalue weighted by molar-refractivity contribution is 5.86. The number of carbonyl (C=O) groups is 1. The summed E-state index contributed by atoms with van der Waals surface area (Å²) in [6.07, 6.45) is -4.37. The first-order valence-electron chi connectivity index (χ1n) is 5.89. The van der Waals surface area contributed by atoms with Gasteiger partial charge >= 0.3 is 12.1 Å². The number of halogens is 3. The van der Waals surface area contributed by atoms with Crippen molar-refractivity contribution < 1.29 is 23.1 Å². The molecule has 21 heavy (non-hydrogen) atoms. The van der Waals surface area contributed by atoms with E-state index in [9.17, 15) is 22.8 Å². The van der Waals surface area contributed by atoms with Crippen molar-refractivity contribution in [2.75, 3.05) is 0 Å². The molecule has 1 aromatic heterocycles. The smallest absolute Gasteiger partial charge is 0.416 e. The van der Waals surface area contributed by atoms with Crippen molar-refractivity contribution in [2.45, 2.75) is 12.6 Å². The van der Waals surface area contributed by atoms with Crippen LogP contribution >= 0.6 is 0 Å². The van der Waals surface area contributed by atoms with E-state index in [1.807, 2.05) is 0 Å². The summed E-state index contributed by atoms with van der Waals surface area (Å²) in [6, 6.07) is 7.22. The highest BCUT2D eigenvalue weighted by Gasteiger charge is 2.30. The van der Waals surface area contributed by atoms with Crippen LogP contribution in [0.2, 0.25) is 0 Å². The van der Waals surface area contributed by atoms with Gasteiger partial charge in [0.15, 0.2) is 0 Å². The van der Waals surface area contributed by atoms with Crippen molar-refractivity contribution in [2.24, 2.45) is 0 Å². The molecular weight excluding hydrogens is 287 g/mol. The molecule has 0 aliphatic heterocycles. The standard InChI is InChI=1S/C14H10F3NO3/c15-14(16,17)9-3-1-2-8(6-9)7-10-4-5-11(13(20)21)12(19)18-10/h1-6H,7H2,(H,18,19)(H,20,21). The number of nitrogens with one attached hydrogen (secondary N) is 1. The van der Waals surface area contributed by atoms with Crippen LogP contribution in [0, 0.1) is 0 Å². The number of aromatic nitrogens is 1. The van der Waals surface area contributed by atoms with Crippen molar-refractivity contribution in [1.29, 1.82) is 0 Å². The molecule has 0 aliphatic rings. The minimum atomic E-state index is -4.43. The second kappa shape index (κ2) is 5.43. The molecule has 0 radical (unpaired) electrons. The van der Waals surface area contributed by atoms with Crippen molar-refractivity contribution in [3.63, 3.8) is 0 Å². The Labute approximate surface area is 116 Å². The summed E-state index contributed by atoms with van der Waals surface area (Å²) in [5, 5.41) is 8.73. The molecule has 110 valence electrons. The number of aromatic carboxylic acids is 1. The van der Waals surface area contributed by atoms with Gasteiger partial charge < -0.3 is 10.1 Å². The lowest BCUT2D eigenvalue weighted by Gasteiger charge is -2.08. The Bertz CT molecular complexity index is 735. The lowest BCUT2D eigenvalue weighted by Crippen LogP contribution is -2.18. The first-order chi connectivity index (χ1) is 9.77. The molecule has 0 amide bonds. The number of alkyl halides is 3. The van der Waals surface area contributed by atoms with Crippen LogP contribution in [0.5, 0.6) is 0 Å². The van der Waals surface area contributed by atoms with Crippen molar-refractivity contribution in [3.8, 4) is 0 Å². The molecule has 2 N–H and O–H groups in total. The predicted octanol–water partition coefficient (Wildman–Crippen LogP) is 2.68. The Hall–Kier alpha value is -2.57. The van der Waals surface area contributed by atoms with Crippen LogP contribution in [0.3, 0.4) is 0 Å². The molecule has 0 fully saturated rings. The van der Waals surface area contributed by atoms with Crippen LogP contribution in [0.15, 0.2) is 41.2 Å². The summed E-state index contributed by atoms with van der Waals surface area (Å²) < 4.78 is 37.8. The summed E-state index contributed by atoms with van der Waals surface area (Å²) >= 11 is 0. The molecule has 2 aromatic rings. The third kappa shape index (κ3) is 3.50. The van der Waals surface area contributed by atoms with Gasteiger partial charge in [-0.05, 0) is 23.8 Å². The van der Waals surface area contributed by atoms with Gasteiger partial charge in [-0.1, -0.05) is 18.2 Å². The van der Waals surface area contributed by atoms with Crippen LogP contribution in [-0.4, -0.2) is 16.1 Å². The minimum Gasteiger partial charge on any atom is -0.477 e. The fourth-order valence-electron chi connectivity index (χ4n) is 1.86. The zero-order chi connectivity index (χ0) is 15.6. The first kappa shape index (κ1) is 14.8. The lowest BCUT2D eigenvalue weighted by molar-refractivity contribution is -0.137. The number of rotatable bonds is 3. The van der Waals surface area contributed by atoms with E-state index in [4.69, 9.17) is 5.11 Å². The van der Waals surface area contributed by atoms with Gasteiger partial charge in [0, 0.05) is 12.1 Å². The number of carboxylic acid groups (broad SMARTS) is 1. The van der Waals surface area contributed by atoms with E-state index in [0.29, 0.717) is 11.3 Å². The van der Waals surface area contributed by atoms with Gasteiger partial charge in [0.25, 0.3) is 5.56 Å².